The van der Waals surface area contributed by atoms with Crippen molar-refractivity contribution in [2.24, 2.45) is 0 Å². The molecule has 0 saturated carbocycles. The van der Waals surface area contributed by atoms with Crippen molar-refractivity contribution in [1.82, 2.24) is 15.5 Å². The van der Waals surface area contributed by atoms with E-state index in [0.717, 1.165) is 25.8 Å². The molecule has 6 heteroatoms. The maximum atomic E-state index is 12.0. The van der Waals surface area contributed by atoms with Crippen LogP contribution in [0.4, 0.5) is 4.79 Å². The van der Waals surface area contributed by atoms with Crippen LogP contribution in [0, 0.1) is 0 Å². The molecule has 1 aliphatic heterocycles. The van der Waals surface area contributed by atoms with E-state index in [1.807, 2.05) is 20.8 Å². The molecule has 0 bridgehead atoms. The first-order valence-corrected chi connectivity index (χ1v) is 7.73. The van der Waals surface area contributed by atoms with Gasteiger partial charge in [0.2, 0.25) is 5.91 Å². The van der Waals surface area contributed by atoms with Crippen LogP contribution < -0.4 is 10.6 Å². The maximum Gasteiger partial charge on any atom is 0.410 e. The molecule has 122 valence electrons. The fraction of sp³-hybridized carbons (Fsp3) is 0.867. The average Bonchev–Trinajstić information content (AvgIpc) is 2.62. The largest absolute Gasteiger partial charge is 0.444 e. The Hall–Kier alpha value is -1.30. The van der Waals surface area contributed by atoms with E-state index >= 15 is 0 Å². The number of ether oxygens (including phenoxy) is 1. The molecule has 0 aromatic heterocycles. The highest BCUT2D eigenvalue weighted by Crippen LogP contribution is 2.15. The first-order valence-electron chi connectivity index (χ1n) is 7.73. The summed E-state index contributed by atoms with van der Waals surface area (Å²) >= 11 is 0. The van der Waals surface area contributed by atoms with Gasteiger partial charge in [-0.3, -0.25) is 4.79 Å². The lowest BCUT2D eigenvalue weighted by atomic mass is 10.1. The van der Waals surface area contributed by atoms with Gasteiger partial charge in [0.05, 0.1) is 0 Å². The summed E-state index contributed by atoms with van der Waals surface area (Å²) in [4.78, 5) is 25.0. The monoisotopic (exact) mass is 299 g/mol. The van der Waals surface area contributed by atoms with Gasteiger partial charge in [-0.15, -0.1) is 0 Å². The van der Waals surface area contributed by atoms with Gasteiger partial charge >= 0.3 is 6.09 Å². The summed E-state index contributed by atoms with van der Waals surface area (Å²) < 4.78 is 5.41. The molecule has 0 aliphatic carbocycles. The number of hydrogen-bond donors (Lipinski definition) is 2. The van der Waals surface area contributed by atoms with E-state index in [4.69, 9.17) is 4.74 Å². The molecule has 1 fully saturated rings. The molecule has 1 atom stereocenters. The minimum Gasteiger partial charge on any atom is -0.444 e. The molecule has 21 heavy (non-hydrogen) atoms. The summed E-state index contributed by atoms with van der Waals surface area (Å²) in [5.74, 6) is 0.0477. The van der Waals surface area contributed by atoms with Gasteiger partial charge in [-0.05, 0) is 40.0 Å². The smallest absolute Gasteiger partial charge is 0.410 e. The van der Waals surface area contributed by atoms with Crippen LogP contribution in [-0.4, -0.2) is 55.2 Å². The molecule has 1 heterocycles. The minimum atomic E-state index is -0.450. The molecule has 1 rings (SSSR count). The Morgan fingerprint density at radius 3 is 2.57 bits per heavy atom. The van der Waals surface area contributed by atoms with Gasteiger partial charge in [-0.25, -0.2) is 4.79 Å². The number of carbonyl (C=O) groups excluding carboxylic acids is 2. The SMILES string of the molecule is CNC(=O)CCNC1CCCN(C(=O)OC(C)(C)C)CC1. The van der Waals surface area contributed by atoms with Crippen molar-refractivity contribution >= 4 is 12.0 Å². The summed E-state index contributed by atoms with van der Waals surface area (Å²) in [6.07, 6.45) is 3.13. The van der Waals surface area contributed by atoms with E-state index in [9.17, 15) is 9.59 Å². The van der Waals surface area contributed by atoms with E-state index < -0.39 is 5.60 Å². The zero-order valence-electron chi connectivity index (χ0n) is 13.7. The Morgan fingerprint density at radius 2 is 1.95 bits per heavy atom. The van der Waals surface area contributed by atoms with Crippen molar-refractivity contribution < 1.29 is 14.3 Å². The van der Waals surface area contributed by atoms with Crippen LogP contribution in [0.25, 0.3) is 0 Å². The predicted molar refractivity (Wildman–Crippen MR) is 82.1 cm³/mol. The molecule has 2 amide bonds. The molecule has 0 aromatic rings. The van der Waals surface area contributed by atoms with Gasteiger partial charge in [0.15, 0.2) is 0 Å². The van der Waals surface area contributed by atoms with Crippen molar-refractivity contribution in [1.29, 1.82) is 0 Å². The number of nitrogens with zero attached hydrogens (tertiary/aromatic N) is 1. The van der Waals surface area contributed by atoms with E-state index in [1.165, 1.54) is 0 Å². The van der Waals surface area contributed by atoms with Crippen LogP contribution in [0.1, 0.15) is 46.5 Å². The van der Waals surface area contributed by atoms with Crippen LogP contribution in [0.5, 0.6) is 0 Å². The van der Waals surface area contributed by atoms with Gasteiger partial charge in [0.1, 0.15) is 5.60 Å². The van der Waals surface area contributed by atoms with Crippen LogP contribution >= 0.6 is 0 Å². The Labute approximate surface area is 127 Å². The first kappa shape index (κ1) is 17.8. The standard InChI is InChI=1S/C15H29N3O3/c1-15(2,3)21-14(20)18-10-5-6-12(8-11-18)17-9-7-13(19)16-4/h12,17H,5-11H2,1-4H3,(H,16,19). The summed E-state index contributed by atoms with van der Waals surface area (Å²) in [6.45, 7) is 7.76. The summed E-state index contributed by atoms with van der Waals surface area (Å²) in [6, 6.07) is 0.363. The lowest BCUT2D eigenvalue weighted by Crippen LogP contribution is -2.38. The van der Waals surface area contributed by atoms with Crippen molar-refractivity contribution in [3.8, 4) is 0 Å². The molecule has 0 radical (unpaired) electrons. The van der Waals surface area contributed by atoms with Crippen molar-refractivity contribution in [3.05, 3.63) is 0 Å². The van der Waals surface area contributed by atoms with Crippen molar-refractivity contribution in [3.63, 3.8) is 0 Å². The van der Waals surface area contributed by atoms with Crippen molar-refractivity contribution in [2.45, 2.75) is 58.1 Å². The van der Waals surface area contributed by atoms with Crippen LogP contribution in [0.2, 0.25) is 0 Å². The third-order valence-electron chi connectivity index (χ3n) is 3.44. The van der Waals surface area contributed by atoms with E-state index in [1.54, 1.807) is 11.9 Å². The quantitative estimate of drug-likeness (QED) is 0.825. The highest BCUT2D eigenvalue weighted by atomic mass is 16.6. The van der Waals surface area contributed by atoms with Crippen LogP contribution in [0.3, 0.4) is 0 Å². The molecular formula is C15H29N3O3. The second-order valence-electron chi connectivity index (χ2n) is 6.47. The van der Waals surface area contributed by atoms with Crippen molar-refractivity contribution in [2.75, 3.05) is 26.7 Å². The average molecular weight is 299 g/mol. The first-order chi connectivity index (χ1) is 9.81. The van der Waals surface area contributed by atoms with E-state index in [-0.39, 0.29) is 12.0 Å². The summed E-state index contributed by atoms with van der Waals surface area (Å²) in [5, 5.41) is 6.01. The number of amides is 2. The molecular weight excluding hydrogens is 270 g/mol. The number of nitrogens with one attached hydrogen (secondary N) is 2. The van der Waals surface area contributed by atoms with Gasteiger partial charge in [0, 0.05) is 39.1 Å². The van der Waals surface area contributed by atoms with Gasteiger partial charge in [-0.2, -0.15) is 0 Å². The molecule has 1 aliphatic rings. The number of hydrogen-bond acceptors (Lipinski definition) is 4. The molecule has 0 spiro atoms. The topological polar surface area (TPSA) is 70.7 Å². The summed E-state index contributed by atoms with van der Waals surface area (Å²) in [5.41, 5.74) is -0.450. The second-order valence-corrected chi connectivity index (χ2v) is 6.47. The fourth-order valence-corrected chi connectivity index (χ4v) is 2.32. The Bertz CT molecular complexity index is 353. The zero-order valence-corrected chi connectivity index (χ0v) is 13.7. The normalized spacial score (nSPS) is 19.8. The fourth-order valence-electron chi connectivity index (χ4n) is 2.32. The van der Waals surface area contributed by atoms with Crippen LogP contribution in [0.15, 0.2) is 0 Å². The van der Waals surface area contributed by atoms with Crippen LogP contribution in [-0.2, 0) is 9.53 Å². The van der Waals surface area contributed by atoms with E-state index in [0.29, 0.717) is 25.6 Å². The number of likely N-dealkylation sites (tertiary alicyclic amines) is 1. The highest BCUT2D eigenvalue weighted by molar-refractivity contribution is 5.75. The molecule has 6 nitrogen and oxygen atoms in total. The van der Waals surface area contributed by atoms with E-state index in [2.05, 4.69) is 10.6 Å². The predicted octanol–water partition coefficient (Wildman–Crippen LogP) is 1.50. The Morgan fingerprint density at radius 1 is 1.24 bits per heavy atom. The highest BCUT2D eigenvalue weighted by Gasteiger charge is 2.24. The molecule has 1 saturated heterocycles. The molecule has 2 N–H and O–H groups in total. The third-order valence-corrected chi connectivity index (χ3v) is 3.44. The van der Waals surface area contributed by atoms with Gasteiger partial charge < -0.3 is 20.3 Å². The maximum absolute atomic E-state index is 12.0. The van der Waals surface area contributed by atoms with Gasteiger partial charge in [-0.1, -0.05) is 0 Å². The third kappa shape index (κ3) is 7.32. The molecule has 1 unspecified atom stereocenters. The summed E-state index contributed by atoms with van der Waals surface area (Å²) in [7, 11) is 1.65. The molecule has 0 aromatic carbocycles. The number of carbonyl (C=O) groups is 2. The second kappa shape index (κ2) is 8.22. The lowest BCUT2D eigenvalue weighted by Gasteiger charge is -2.26. The van der Waals surface area contributed by atoms with Gasteiger partial charge in [0.25, 0.3) is 0 Å². The minimum absolute atomic E-state index is 0.0477. The number of rotatable bonds is 4. The Kier molecular flexibility index (Phi) is 6.95. The zero-order chi connectivity index (χ0) is 15.9. The lowest BCUT2D eigenvalue weighted by molar-refractivity contribution is -0.120. The Balaban J connectivity index is 2.33.